The fourth-order valence-corrected chi connectivity index (χ4v) is 3.10. The van der Waals surface area contributed by atoms with Crippen LogP contribution in [0, 0.1) is 13.8 Å². The van der Waals surface area contributed by atoms with Gasteiger partial charge in [-0.2, -0.15) is 0 Å². The van der Waals surface area contributed by atoms with E-state index in [-0.39, 0.29) is 11.2 Å². The summed E-state index contributed by atoms with van der Waals surface area (Å²) in [7, 11) is 1.50. The lowest BCUT2D eigenvalue weighted by Crippen LogP contribution is -2.39. The molecule has 0 unspecified atom stereocenters. The van der Waals surface area contributed by atoms with E-state index in [1.807, 2.05) is 44.2 Å². The minimum Gasteiger partial charge on any atom is -0.367 e. The maximum atomic E-state index is 12.7. The number of nitrogens with zero attached hydrogens (tertiary/aromatic N) is 2. The van der Waals surface area contributed by atoms with Gasteiger partial charge in [-0.3, -0.25) is 13.9 Å². The van der Waals surface area contributed by atoms with Crippen LogP contribution >= 0.6 is 0 Å². The molecular weight excluding hydrogens is 326 g/mol. The molecule has 26 heavy (non-hydrogen) atoms. The van der Waals surface area contributed by atoms with Crippen LogP contribution in [0.15, 0.2) is 64.2 Å². The van der Waals surface area contributed by atoms with Gasteiger partial charge < -0.3 is 5.32 Å². The van der Waals surface area contributed by atoms with Crippen molar-refractivity contribution < 1.29 is 0 Å². The van der Waals surface area contributed by atoms with Gasteiger partial charge in [-0.05, 0) is 25.0 Å². The Morgan fingerprint density at radius 3 is 2.19 bits per heavy atom. The van der Waals surface area contributed by atoms with Crippen LogP contribution in [0.4, 0.5) is 5.82 Å². The van der Waals surface area contributed by atoms with Crippen LogP contribution in [-0.2, 0) is 20.1 Å². The summed E-state index contributed by atoms with van der Waals surface area (Å²) in [4.78, 5) is 24.8. The van der Waals surface area contributed by atoms with Crippen LogP contribution in [0.25, 0.3) is 0 Å². The van der Waals surface area contributed by atoms with E-state index in [0.29, 0.717) is 18.9 Å². The van der Waals surface area contributed by atoms with Crippen molar-refractivity contribution in [2.75, 3.05) is 5.32 Å². The molecule has 134 valence electrons. The first-order valence-electron chi connectivity index (χ1n) is 8.60. The van der Waals surface area contributed by atoms with Gasteiger partial charge in [0.25, 0.3) is 5.56 Å². The van der Waals surface area contributed by atoms with Crippen LogP contribution in [-0.4, -0.2) is 9.13 Å². The lowest BCUT2D eigenvalue weighted by atomic mass is 10.1. The van der Waals surface area contributed by atoms with Crippen LogP contribution in [0.1, 0.15) is 22.3 Å². The summed E-state index contributed by atoms with van der Waals surface area (Å²) in [5.74, 6) is 0.529. The van der Waals surface area contributed by atoms with Crippen molar-refractivity contribution in [3.8, 4) is 0 Å². The third-order valence-corrected chi connectivity index (χ3v) is 4.34. The summed E-state index contributed by atoms with van der Waals surface area (Å²) in [5.41, 5.74) is 3.77. The Labute approximate surface area is 152 Å². The van der Waals surface area contributed by atoms with Crippen molar-refractivity contribution in [3.05, 3.63) is 97.7 Å². The molecule has 3 aromatic rings. The summed E-state index contributed by atoms with van der Waals surface area (Å²) in [6.45, 7) is 5.02. The predicted octanol–water partition coefficient (Wildman–Crippen LogP) is 2.82. The summed E-state index contributed by atoms with van der Waals surface area (Å²) >= 11 is 0. The van der Waals surface area contributed by atoms with Gasteiger partial charge in [0.15, 0.2) is 0 Å². The van der Waals surface area contributed by atoms with Gasteiger partial charge in [0, 0.05) is 19.7 Å². The molecule has 1 heterocycles. The highest BCUT2D eigenvalue weighted by Crippen LogP contribution is 2.13. The second kappa shape index (κ2) is 7.44. The fourth-order valence-electron chi connectivity index (χ4n) is 3.10. The van der Waals surface area contributed by atoms with Crippen LogP contribution in [0.5, 0.6) is 0 Å². The Bertz CT molecular complexity index is 1010. The molecule has 0 atom stereocenters. The van der Waals surface area contributed by atoms with Crippen molar-refractivity contribution in [2.45, 2.75) is 26.9 Å². The molecule has 1 aromatic heterocycles. The smallest absolute Gasteiger partial charge is 0.332 e. The molecule has 2 aromatic carbocycles. The minimum absolute atomic E-state index is 0.317. The van der Waals surface area contributed by atoms with E-state index in [0.717, 1.165) is 26.8 Å². The number of nitrogens with one attached hydrogen (secondary N) is 1. The largest absolute Gasteiger partial charge is 0.367 e. The molecule has 0 aliphatic carbocycles. The molecule has 0 aliphatic rings. The molecular formula is C21H23N3O2. The van der Waals surface area contributed by atoms with Crippen LogP contribution in [0.3, 0.4) is 0 Å². The van der Waals surface area contributed by atoms with Gasteiger partial charge in [-0.15, -0.1) is 0 Å². The Kier molecular flexibility index (Phi) is 5.07. The van der Waals surface area contributed by atoms with E-state index in [1.165, 1.54) is 13.1 Å². The first kappa shape index (κ1) is 17.7. The Morgan fingerprint density at radius 2 is 1.54 bits per heavy atom. The number of hydrogen-bond acceptors (Lipinski definition) is 3. The summed E-state index contributed by atoms with van der Waals surface area (Å²) in [5, 5.41) is 3.24. The van der Waals surface area contributed by atoms with Gasteiger partial charge in [-0.1, -0.05) is 59.7 Å². The lowest BCUT2D eigenvalue weighted by Gasteiger charge is -2.16. The second-order valence-electron chi connectivity index (χ2n) is 6.63. The van der Waals surface area contributed by atoms with Crippen molar-refractivity contribution >= 4 is 5.82 Å². The molecule has 5 nitrogen and oxygen atoms in total. The molecule has 5 heteroatoms. The van der Waals surface area contributed by atoms with E-state index in [4.69, 9.17) is 0 Å². The van der Waals surface area contributed by atoms with Crippen molar-refractivity contribution in [3.63, 3.8) is 0 Å². The zero-order valence-electron chi connectivity index (χ0n) is 15.3. The van der Waals surface area contributed by atoms with E-state index in [2.05, 4.69) is 23.5 Å². The number of benzene rings is 2. The average molecular weight is 349 g/mol. The summed E-state index contributed by atoms with van der Waals surface area (Å²) < 4.78 is 2.74. The Balaban J connectivity index is 1.98. The van der Waals surface area contributed by atoms with Gasteiger partial charge in [0.1, 0.15) is 5.82 Å². The fraction of sp³-hybridized carbons (Fsp3) is 0.238. The molecule has 0 radical (unpaired) electrons. The highest BCUT2D eigenvalue weighted by molar-refractivity contribution is 5.37. The number of aromatic nitrogens is 2. The predicted molar refractivity (Wildman–Crippen MR) is 105 cm³/mol. The van der Waals surface area contributed by atoms with Crippen molar-refractivity contribution in [2.24, 2.45) is 7.05 Å². The molecule has 3 rings (SSSR count). The SMILES string of the molecule is Cc1cc(C)cc(Cn2c(NCc3ccccc3)cc(=O)n(C)c2=O)c1. The Morgan fingerprint density at radius 1 is 0.885 bits per heavy atom. The highest BCUT2D eigenvalue weighted by atomic mass is 16.2. The maximum Gasteiger partial charge on any atom is 0.332 e. The number of hydrogen-bond donors (Lipinski definition) is 1. The molecule has 0 spiro atoms. The molecule has 0 saturated heterocycles. The van der Waals surface area contributed by atoms with Gasteiger partial charge in [0.05, 0.1) is 6.54 Å². The molecule has 1 N–H and O–H groups in total. The Hall–Kier alpha value is -3.08. The second-order valence-corrected chi connectivity index (χ2v) is 6.63. The number of rotatable bonds is 5. The van der Waals surface area contributed by atoms with Crippen LogP contribution < -0.4 is 16.6 Å². The zero-order chi connectivity index (χ0) is 18.7. The minimum atomic E-state index is -0.327. The monoisotopic (exact) mass is 349 g/mol. The highest BCUT2D eigenvalue weighted by Gasteiger charge is 2.10. The summed E-state index contributed by atoms with van der Waals surface area (Å²) in [6, 6.07) is 17.6. The zero-order valence-corrected chi connectivity index (χ0v) is 15.3. The standard InChI is InChI=1S/C21H23N3O2/c1-15-9-16(2)11-18(10-15)14-24-19(12-20(25)23(3)21(24)26)22-13-17-7-5-4-6-8-17/h4-12,22H,13-14H2,1-3H3. The van der Waals surface area contributed by atoms with Crippen molar-refractivity contribution in [1.29, 1.82) is 0 Å². The van der Waals surface area contributed by atoms with Gasteiger partial charge in [-0.25, -0.2) is 4.79 Å². The van der Waals surface area contributed by atoms with E-state index >= 15 is 0 Å². The average Bonchev–Trinajstić information content (AvgIpc) is 2.61. The molecule has 0 fully saturated rings. The number of anilines is 1. The number of aryl methyl sites for hydroxylation is 2. The normalized spacial score (nSPS) is 10.7. The van der Waals surface area contributed by atoms with E-state index in [1.54, 1.807) is 4.57 Å². The molecule has 0 aliphatic heterocycles. The topological polar surface area (TPSA) is 56.0 Å². The molecule has 0 bridgehead atoms. The lowest BCUT2D eigenvalue weighted by molar-refractivity contribution is 0.649. The van der Waals surface area contributed by atoms with E-state index < -0.39 is 0 Å². The molecule has 0 saturated carbocycles. The van der Waals surface area contributed by atoms with Crippen LogP contribution in [0.2, 0.25) is 0 Å². The summed E-state index contributed by atoms with van der Waals surface area (Å²) in [6.07, 6.45) is 0. The third kappa shape index (κ3) is 3.94. The van der Waals surface area contributed by atoms with Gasteiger partial charge in [0.2, 0.25) is 0 Å². The first-order chi connectivity index (χ1) is 12.4. The third-order valence-electron chi connectivity index (χ3n) is 4.34. The maximum absolute atomic E-state index is 12.7. The van der Waals surface area contributed by atoms with Crippen molar-refractivity contribution in [1.82, 2.24) is 9.13 Å². The molecule has 0 amide bonds. The quantitative estimate of drug-likeness (QED) is 0.771. The van der Waals surface area contributed by atoms with Gasteiger partial charge >= 0.3 is 5.69 Å². The van der Waals surface area contributed by atoms with E-state index in [9.17, 15) is 9.59 Å². The first-order valence-corrected chi connectivity index (χ1v) is 8.60.